The molecule has 5 rings (SSSR count). The molecule has 1 unspecified atom stereocenters. The summed E-state index contributed by atoms with van der Waals surface area (Å²) in [5.41, 5.74) is 3.64. The molecular formula is C29H30Cl2N4O5S. The van der Waals surface area contributed by atoms with Gasteiger partial charge in [0.05, 0.1) is 27.9 Å². The van der Waals surface area contributed by atoms with E-state index in [1.54, 1.807) is 44.2 Å². The minimum atomic E-state index is -3.86. The van der Waals surface area contributed by atoms with Gasteiger partial charge in [0.15, 0.2) is 9.84 Å². The number of benzene rings is 2. The molecule has 41 heavy (non-hydrogen) atoms. The fourth-order valence-electron chi connectivity index (χ4n) is 4.81. The van der Waals surface area contributed by atoms with Crippen LogP contribution in [0.1, 0.15) is 51.3 Å². The molecule has 3 aromatic rings. The SMILES string of the molecule is Cc1[nH]c(/C=C2\C(=O)Nc3ccc(S(=O)(=O)Cc4c(Cl)cccc4Cl)cc32)c(C)c1C(=O)NCC(O)CNC1CC1. The largest absolute Gasteiger partial charge is 0.390 e. The fourth-order valence-corrected chi connectivity index (χ4v) is 6.93. The normalized spacial score (nSPS) is 16.5. The molecule has 1 fully saturated rings. The number of sulfone groups is 1. The first-order valence-corrected chi connectivity index (χ1v) is 15.6. The number of carbonyl (C=O) groups excluding carboxylic acids is 2. The standard InChI is InChI=1S/C29H30Cl2N4O5S/c1-15-26(34-16(2)27(15)29(38)33-13-18(36)12-32-17-6-7-17)11-21-20-10-19(8-9-25(20)35-28(21)37)41(39,40)14-22-23(30)4-3-5-24(22)31/h3-5,8-11,17-18,32,34,36H,6-7,12-14H2,1-2H3,(H,33,38)(H,35,37)/b21-11-. The molecule has 1 aliphatic carbocycles. The van der Waals surface area contributed by atoms with Gasteiger partial charge < -0.3 is 26.0 Å². The van der Waals surface area contributed by atoms with Crippen LogP contribution in [-0.2, 0) is 20.4 Å². The highest BCUT2D eigenvalue weighted by Gasteiger charge is 2.29. The van der Waals surface area contributed by atoms with Crippen LogP contribution in [0.15, 0.2) is 41.3 Å². The Labute approximate surface area is 248 Å². The van der Waals surface area contributed by atoms with Crippen LogP contribution < -0.4 is 16.0 Å². The average molecular weight is 618 g/mol. The summed E-state index contributed by atoms with van der Waals surface area (Å²) in [7, 11) is -3.86. The lowest BCUT2D eigenvalue weighted by atomic mass is 10.0. The van der Waals surface area contributed by atoms with Crippen molar-refractivity contribution < 1.29 is 23.1 Å². The van der Waals surface area contributed by atoms with Crippen LogP contribution in [0, 0.1) is 13.8 Å². The third-order valence-corrected chi connectivity index (χ3v) is 9.59. The molecule has 1 aromatic heterocycles. The van der Waals surface area contributed by atoms with E-state index in [9.17, 15) is 23.1 Å². The minimum Gasteiger partial charge on any atom is -0.390 e. The van der Waals surface area contributed by atoms with Crippen molar-refractivity contribution in [2.75, 3.05) is 18.4 Å². The van der Waals surface area contributed by atoms with Gasteiger partial charge in [0.25, 0.3) is 11.8 Å². The van der Waals surface area contributed by atoms with Crippen LogP contribution >= 0.6 is 23.2 Å². The molecule has 2 aliphatic rings. The van der Waals surface area contributed by atoms with Crippen molar-refractivity contribution in [2.24, 2.45) is 0 Å². The van der Waals surface area contributed by atoms with E-state index in [-0.39, 0.29) is 33.0 Å². The monoisotopic (exact) mass is 616 g/mol. The minimum absolute atomic E-state index is 0.0174. The molecule has 1 saturated carbocycles. The number of nitrogens with one attached hydrogen (secondary N) is 4. The Bertz CT molecular complexity index is 1660. The highest BCUT2D eigenvalue weighted by Crippen LogP contribution is 2.37. The zero-order valence-corrected chi connectivity index (χ0v) is 24.8. The summed E-state index contributed by atoms with van der Waals surface area (Å²) < 4.78 is 26.6. The molecule has 2 amide bonds. The molecule has 1 aliphatic heterocycles. The van der Waals surface area contributed by atoms with Crippen LogP contribution in [0.25, 0.3) is 11.6 Å². The number of anilines is 1. The lowest BCUT2D eigenvalue weighted by molar-refractivity contribution is -0.110. The van der Waals surface area contributed by atoms with Crippen molar-refractivity contribution >= 4 is 62.2 Å². The Morgan fingerprint density at radius 1 is 1.15 bits per heavy atom. The van der Waals surface area contributed by atoms with Crippen LogP contribution in [0.4, 0.5) is 5.69 Å². The van der Waals surface area contributed by atoms with Crippen LogP contribution in [0.5, 0.6) is 0 Å². The van der Waals surface area contributed by atoms with Gasteiger partial charge in [-0.1, -0.05) is 29.3 Å². The maximum Gasteiger partial charge on any atom is 0.256 e. The van der Waals surface area contributed by atoms with Gasteiger partial charge in [0.1, 0.15) is 0 Å². The molecule has 5 N–H and O–H groups in total. The maximum atomic E-state index is 13.3. The number of aliphatic hydroxyl groups excluding tert-OH is 1. The van der Waals surface area contributed by atoms with E-state index in [4.69, 9.17) is 23.2 Å². The quantitative estimate of drug-likeness (QED) is 0.216. The van der Waals surface area contributed by atoms with E-state index in [1.165, 1.54) is 12.1 Å². The van der Waals surface area contributed by atoms with Gasteiger partial charge in [0.2, 0.25) is 0 Å². The molecule has 9 nitrogen and oxygen atoms in total. The van der Waals surface area contributed by atoms with Crippen molar-refractivity contribution in [3.05, 3.63) is 80.1 Å². The first-order valence-electron chi connectivity index (χ1n) is 13.2. The number of aryl methyl sites for hydroxylation is 1. The van der Waals surface area contributed by atoms with Gasteiger partial charge in [-0.3, -0.25) is 9.59 Å². The molecule has 0 bridgehead atoms. The van der Waals surface area contributed by atoms with Crippen molar-refractivity contribution in [1.29, 1.82) is 0 Å². The highest BCUT2D eigenvalue weighted by atomic mass is 35.5. The van der Waals surface area contributed by atoms with E-state index in [2.05, 4.69) is 20.9 Å². The van der Waals surface area contributed by atoms with Crippen LogP contribution in [-0.4, -0.2) is 55.6 Å². The van der Waals surface area contributed by atoms with E-state index in [1.807, 2.05) is 0 Å². The summed E-state index contributed by atoms with van der Waals surface area (Å²) in [5, 5.41) is 19.4. The Kier molecular flexibility index (Phi) is 8.31. The van der Waals surface area contributed by atoms with Gasteiger partial charge in [-0.15, -0.1) is 0 Å². The number of aliphatic hydroxyl groups is 1. The van der Waals surface area contributed by atoms with E-state index >= 15 is 0 Å². The molecule has 0 saturated heterocycles. The third-order valence-electron chi connectivity index (χ3n) is 7.24. The van der Waals surface area contributed by atoms with Crippen molar-refractivity contribution in [3.8, 4) is 0 Å². The summed E-state index contributed by atoms with van der Waals surface area (Å²) in [6, 6.07) is 9.69. The maximum absolute atomic E-state index is 13.3. The molecular weight excluding hydrogens is 587 g/mol. The Balaban J connectivity index is 1.39. The molecule has 2 aromatic carbocycles. The number of halogens is 2. The number of aromatic nitrogens is 1. The summed E-state index contributed by atoms with van der Waals surface area (Å²) in [4.78, 5) is 29.0. The second-order valence-corrected chi connectivity index (χ2v) is 13.2. The summed E-state index contributed by atoms with van der Waals surface area (Å²) in [6.45, 7) is 4.02. The summed E-state index contributed by atoms with van der Waals surface area (Å²) >= 11 is 12.4. The van der Waals surface area contributed by atoms with Gasteiger partial charge in [0, 0.05) is 57.4 Å². The summed E-state index contributed by atoms with van der Waals surface area (Å²) in [6.07, 6.45) is 3.11. The number of amides is 2. The second-order valence-electron chi connectivity index (χ2n) is 10.4. The number of aromatic amines is 1. The Morgan fingerprint density at radius 2 is 1.85 bits per heavy atom. The number of rotatable bonds is 10. The zero-order valence-electron chi connectivity index (χ0n) is 22.5. The lowest BCUT2D eigenvalue weighted by Gasteiger charge is -2.13. The number of fused-ring (bicyclic) bond motifs is 1. The number of carbonyl (C=O) groups is 2. The van der Waals surface area contributed by atoms with Crippen molar-refractivity contribution in [3.63, 3.8) is 0 Å². The predicted octanol–water partition coefficient (Wildman–Crippen LogP) is 4.25. The van der Waals surface area contributed by atoms with Gasteiger partial charge >= 0.3 is 0 Å². The topological polar surface area (TPSA) is 140 Å². The first kappa shape index (κ1) is 29.3. The van der Waals surface area contributed by atoms with Crippen molar-refractivity contribution in [1.82, 2.24) is 15.6 Å². The Morgan fingerprint density at radius 3 is 2.54 bits per heavy atom. The number of hydrogen-bond acceptors (Lipinski definition) is 6. The van der Waals surface area contributed by atoms with Gasteiger partial charge in [-0.05, 0) is 68.7 Å². The van der Waals surface area contributed by atoms with Gasteiger partial charge in [-0.25, -0.2) is 8.42 Å². The molecule has 1 atom stereocenters. The average Bonchev–Trinajstić information content (AvgIpc) is 3.64. The molecule has 216 valence electrons. The highest BCUT2D eigenvalue weighted by molar-refractivity contribution is 7.90. The number of H-pyrrole nitrogens is 1. The lowest BCUT2D eigenvalue weighted by Crippen LogP contribution is -2.38. The molecule has 0 spiro atoms. The summed E-state index contributed by atoms with van der Waals surface area (Å²) in [5.74, 6) is -1.13. The predicted molar refractivity (Wildman–Crippen MR) is 160 cm³/mol. The molecule has 2 heterocycles. The third kappa shape index (κ3) is 6.37. The second kappa shape index (κ2) is 11.6. The zero-order chi connectivity index (χ0) is 29.5. The molecule has 12 heteroatoms. The van der Waals surface area contributed by atoms with Gasteiger partial charge in [-0.2, -0.15) is 0 Å². The van der Waals surface area contributed by atoms with E-state index < -0.39 is 27.6 Å². The smallest absolute Gasteiger partial charge is 0.256 e. The first-order chi connectivity index (χ1) is 19.4. The van der Waals surface area contributed by atoms with Crippen LogP contribution in [0.2, 0.25) is 10.0 Å². The fraction of sp³-hybridized carbons (Fsp3) is 0.310. The molecule has 0 radical (unpaired) electrons. The van der Waals surface area contributed by atoms with Crippen LogP contribution in [0.3, 0.4) is 0 Å². The number of hydrogen-bond donors (Lipinski definition) is 5. The van der Waals surface area contributed by atoms with Crippen molar-refractivity contribution in [2.45, 2.75) is 49.5 Å². The Hall–Kier alpha value is -3.15. The van der Waals surface area contributed by atoms with E-state index in [0.717, 1.165) is 12.8 Å². The van der Waals surface area contributed by atoms with E-state index in [0.29, 0.717) is 51.9 Å².